The Morgan fingerprint density at radius 1 is 0.842 bits per heavy atom. The largest absolute Gasteiger partial charge is 0.489 e. The van der Waals surface area contributed by atoms with Crippen molar-refractivity contribution in [3.8, 4) is 5.75 Å². The second kappa shape index (κ2) is 11.9. The third kappa shape index (κ3) is 6.77. The highest BCUT2D eigenvalue weighted by molar-refractivity contribution is 7.92. The molecule has 0 aliphatic rings. The number of halogens is 1. The molecule has 0 aliphatic carbocycles. The van der Waals surface area contributed by atoms with Crippen molar-refractivity contribution in [1.82, 2.24) is 5.32 Å². The molecule has 0 bridgehead atoms. The first-order valence-corrected chi connectivity index (χ1v) is 13.5. The van der Waals surface area contributed by atoms with E-state index in [0.29, 0.717) is 18.0 Å². The van der Waals surface area contributed by atoms with Gasteiger partial charge in [0.15, 0.2) is 0 Å². The molecule has 8 heteroatoms. The fourth-order valence-electron chi connectivity index (χ4n) is 3.75. The van der Waals surface area contributed by atoms with Crippen LogP contribution in [0.3, 0.4) is 0 Å². The van der Waals surface area contributed by atoms with Crippen LogP contribution in [-0.2, 0) is 28.0 Å². The summed E-state index contributed by atoms with van der Waals surface area (Å²) in [4.78, 5) is 13.0. The van der Waals surface area contributed by atoms with Crippen LogP contribution in [0.25, 0.3) is 0 Å². The zero-order valence-electron chi connectivity index (χ0n) is 21.2. The lowest BCUT2D eigenvalue weighted by Crippen LogP contribution is -2.40. The summed E-state index contributed by atoms with van der Waals surface area (Å²) in [5, 5.41) is 2.81. The van der Waals surface area contributed by atoms with Crippen molar-refractivity contribution in [2.24, 2.45) is 0 Å². The quantitative estimate of drug-likeness (QED) is 0.291. The van der Waals surface area contributed by atoms with E-state index in [9.17, 15) is 17.6 Å². The van der Waals surface area contributed by atoms with Crippen LogP contribution in [0.1, 0.15) is 22.3 Å². The molecule has 0 aliphatic heterocycles. The topological polar surface area (TPSA) is 75.7 Å². The van der Waals surface area contributed by atoms with Gasteiger partial charge in [0.1, 0.15) is 24.7 Å². The molecule has 0 saturated carbocycles. The van der Waals surface area contributed by atoms with Crippen LogP contribution in [0, 0.1) is 19.7 Å². The number of carbonyl (C=O) groups excluding carboxylic acids is 1. The molecular weight excluding hydrogens is 503 g/mol. The van der Waals surface area contributed by atoms with Gasteiger partial charge >= 0.3 is 0 Å². The summed E-state index contributed by atoms with van der Waals surface area (Å²) in [7, 11) is -3.96. The van der Waals surface area contributed by atoms with Crippen LogP contribution < -0.4 is 14.4 Å². The van der Waals surface area contributed by atoms with E-state index in [0.717, 1.165) is 26.6 Å². The number of benzene rings is 4. The van der Waals surface area contributed by atoms with Crippen molar-refractivity contribution in [1.29, 1.82) is 0 Å². The van der Waals surface area contributed by atoms with Crippen LogP contribution >= 0.6 is 0 Å². The number of nitrogens with one attached hydrogen (secondary N) is 1. The summed E-state index contributed by atoms with van der Waals surface area (Å²) in [6.07, 6.45) is 0. The number of carbonyl (C=O) groups is 1. The second-order valence-corrected chi connectivity index (χ2v) is 10.8. The fourth-order valence-corrected chi connectivity index (χ4v) is 5.19. The molecule has 4 rings (SSSR count). The lowest BCUT2D eigenvalue weighted by Gasteiger charge is -2.25. The Labute approximate surface area is 222 Å². The average Bonchev–Trinajstić information content (AvgIpc) is 2.93. The van der Waals surface area contributed by atoms with E-state index in [4.69, 9.17) is 4.74 Å². The van der Waals surface area contributed by atoms with Crippen molar-refractivity contribution >= 4 is 21.6 Å². The zero-order valence-corrected chi connectivity index (χ0v) is 22.0. The van der Waals surface area contributed by atoms with Crippen molar-refractivity contribution in [3.63, 3.8) is 0 Å². The number of ether oxygens (including phenoxy) is 1. The summed E-state index contributed by atoms with van der Waals surface area (Å²) in [6, 6.07) is 26.7. The highest BCUT2D eigenvalue weighted by atomic mass is 32.2. The molecule has 0 spiro atoms. The molecule has 0 saturated heterocycles. The van der Waals surface area contributed by atoms with Crippen LogP contribution in [-0.4, -0.2) is 20.9 Å². The van der Waals surface area contributed by atoms with E-state index < -0.39 is 15.9 Å². The monoisotopic (exact) mass is 532 g/mol. The number of rotatable bonds is 10. The Kier molecular flexibility index (Phi) is 8.43. The molecule has 0 atom stereocenters. The number of sulfonamides is 1. The third-order valence-electron chi connectivity index (χ3n) is 6.13. The van der Waals surface area contributed by atoms with E-state index >= 15 is 0 Å². The number of amides is 1. The van der Waals surface area contributed by atoms with Crippen LogP contribution in [0.2, 0.25) is 0 Å². The van der Waals surface area contributed by atoms with Crippen molar-refractivity contribution in [3.05, 3.63) is 125 Å². The van der Waals surface area contributed by atoms with Crippen molar-refractivity contribution in [2.75, 3.05) is 10.8 Å². The second-order valence-electron chi connectivity index (χ2n) is 8.93. The first-order valence-electron chi connectivity index (χ1n) is 12.1. The van der Waals surface area contributed by atoms with E-state index in [2.05, 4.69) is 5.32 Å². The Bertz CT molecular complexity index is 1490. The highest BCUT2D eigenvalue weighted by Gasteiger charge is 2.27. The van der Waals surface area contributed by atoms with Crippen LogP contribution in [0.15, 0.2) is 102 Å². The summed E-state index contributed by atoms with van der Waals surface area (Å²) >= 11 is 0. The van der Waals surface area contributed by atoms with Gasteiger partial charge in [-0.05, 0) is 84.6 Å². The number of anilines is 1. The molecule has 196 valence electrons. The lowest BCUT2D eigenvalue weighted by atomic mass is 10.1. The van der Waals surface area contributed by atoms with Gasteiger partial charge in [-0.2, -0.15) is 0 Å². The first kappa shape index (κ1) is 26.9. The molecule has 0 heterocycles. The van der Waals surface area contributed by atoms with E-state index in [-0.39, 0.29) is 23.8 Å². The smallest absolute Gasteiger partial charge is 0.264 e. The Hall–Kier alpha value is -4.17. The van der Waals surface area contributed by atoms with Crippen molar-refractivity contribution in [2.45, 2.75) is 31.9 Å². The van der Waals surface area contributed by atoms with Gasteiger partial charge < -0.3 is 10.1 Å². The van der Waals surface area contributed by atoms with Crippen LogP contribution in [0.4, 0.5) is 10.1 Å². The van der Waals surface area contributed by atoms with Gasteiger partial charge in [0, 0.05) is 6.54 Å². The van der Waals surface area contributed by atoms with Gasteiger partial charge in [-0.25, -0.2) is 12.8 Å². The van der Waals surface area contributed by atoms with Crippen LogP contribution in [0.5, 0.6) is 5.75 Å². The highest BCUT2D eigenvalue weighted by Crippen LogP contribution is 2.25. The predicted molar refractivity (Wildman–Crippen MR) is 146 cm³/mol. The molecule has 0 fully saturated rings. The Morgan fingerprint density at radius 2 is 1.50 bits per heavy atom. The molecule has 0 aromatic heterocycles. The minimum atomic E-state index is -3.96. The lowest BCUT2D eigenvalue weighted by molar-refractivity contribution is -0.119. The Morgan fingerprint density at radius 3 is 2.16 bits per heavy atom. The maximum atomic E-state index is 13.5. The maximum absolute atomic E-state index is 13.5. The summed E-state index contributed by atoms with van der Waals surface area (Å²) in [5.41, 5.74) is 4.06. The van der Waals surface area contributed by atoms with E-state index in [1.165, 1.54) is 24.3 Å². The molecule has 4 aromatic carbocycles. The summed E-state index contributed by atoms with van der Waals surface area (Å²) in [6.45, 7) is 4.02. The minimum Gasteiger partial charge on any atom is -0.489 e. The normalized spacial score (nSPS) is 11.1. The molecule has 0 radical (unpaired) electrons. The van der Waals surface area contributed by atoms with Gasteiger partial charge in [0.05, 0.1) is 10.6 Å². The summed E-state index contributed by atoms with van der Waals surface area (Å²) < 4.78 is 46.8. The molecule has 1 amide bonds. The van der Waals surface area contributed by atoms with E-state index in [1.807, 2.05) is 32.0 Å². The molecule has 4 aromatic rings. The van der Waals surface area contributed by atoms with E-state index in [1.54, 1.807) is 54.6 Å². The number of hydrogen-bond acceptors (Lipinski definition) is 4. The summed E-state index contributed by atoms with van der Waals surface area (Å²) in [5.74, 6) is -0.0893. The van der Waals surface area contributed by atoms with Gasteiger partial charge in [0.25, 0.3) is 10.0 Å². The van der Waals surface area contributed by atoms with Gasteiger partial charge in [0.2, 0.25) is 5.91 Å². The number of nitrogens with zero attached hydrogens (tertiary/aromatic N) is 1. The van der Waals surface area contributed by atoms with Gasteiger partial charge in [-0.1, -0.05) is 48.5 Å². The molecule has 1 N–H and O–H groups in total. The molecule has 6 nitrogen and oxygen atoms in total. The SMILES string of the molecule is Cc1ccc(N(CC(=O)NCc2ccc(OCc3ccc(F)cc3)cc2)S(=O)(=O)c2ccccc2)cc1C. The zero-order chi connectivity index (χ0) is 27.1. The number of hydrogen-bond donors (Lipinski definition) is 1. The third-order valence-corrected chi connectivity index (χ3v) is 7.92. The molecule has 38 heavy (non-hydrogen) atoms. The molecular formula is C30H29FN2O4S. The predicted octanol–water partition coefficient (Wildman–Crippen LogP) is 5.53. The first-order chi connectivity index (χ1) is 18.2. The van der Waals surface area contributed by atoms with Gasteiger partial charge in [-0.15, -0.1) is 0 Å². The van der Waals surface area contributed by atoms with Crippen molar-refractivity contribution < 1.29 is 22.3 Å². The Balaban J connectivity index is 1.41. The minimum absolute atomic E-state index is 0.113. The fraction of sp³-hybridized carbons (Fsp3) is 0.167. The molecule has 0 unspecified atom stereocenters. The average molecular weight is 533 g/mol. The standard InChI is InChI=1S/C30H29FN2O4S/c1-22-8-15-27(18-23(22)2)33(38(35,36)29-6-4-3-5-7-29)20-30(34)32-19-24-11-16-28(17-12-24)37-21-25-9-13-26(31)14-10-25/h3-18H,19-21H2,1-2H3,(H,32,34). The maximum Gasteiger partial charge on any atom is 0.264 e. The number of aryl methyl sites for hydroxylation is 2. The van der Waals surface area contributed by atoms with Gasteiger partial charge in [-0.3, -0.25) is 9.10 Å².